The Bertz CT molecular complexity index is 1180. The zero-order valence-corrected chi connectivity index (χ0v) is 17.6. The van der Waals surface area contributed by atoms with Gasteiger partial charge >= 0.3 is 0 Å². The summed E-state index contributed by atoms with van der Waals surface area (Å²) in [5.74, 6) is -0.255. The first kappa shape index (κ1) is 20.5. The van der Waals surface area contributed by atoms with Crippen molar-refractivity contribution in [1.82, 2.24) is 10.1 Å². The third kappa shape index (κ3) is 5.23. The van der Waals surface area contributed by atoms with E-state index in [1.54, 1.807) is 35.7 Å². The molecular formula is C23H20N4O3S. The Morgan fingerprint density at radius 3 is 2.55 bits per heavy atom. The fourth-order valence-electron chi connectivity index (χ4n) is 2.93. The van der Waals surface area contributed by atoms with Crippen LogP contribution in [0.3, 0.4) is 0 Å². The van der Waals surface area contributed by atoms with Crippen molar-refractivity contribution in [3.05, 3.63) is 82.9 Å². The molecule has 8 heteroatoms. The van der Waals surface area contributed by atoms with Crippen LogP contribution >= 0.6 is 11.3 Å². The lowest BCUT2D eigenvalue weighted by Crippen LogP contribution is -2.14. The summed E-state index contributed by atoms with van der Waals surface area (Å²) in [5.41, 5.74) is 3.91. The molecule has 0 saturated heterocycles. The number of thiazole rings is 1. The largest absolute Gasteiger partial charge is 0.338 e. The summed E-state index contributed by atoms with van der Waals surface area (Å²) in [5, 5.41) is 11.6. The van der Waals surface area contributed by atoms with E-state index in [0.717, 1.165) is 12.0 Å². The molecule has 0 radical (unpaired) electrons. The standard InChI is InChI=1S/C23H20N4O3S/c1-2-15-8-10-16(11-9-15)19-13-21(30-27-19)25-20(28)12-18-14-31-23(24-18)26-22(29)17-6-4-3-5-7-17/h3-11,13-14H,2,12H2,1H3,(H,25,28)(H,24,26,29). The summed E-state index contributed by atoms with van der Waals surface area (Å²) in [6.07, 6.45) is 1.02. The Balaban J connectivity index is 1.33. The molecule has 2 N–H and O–H groups in total. The Morgan fingerprint density at radius 2 is 1.81 bits per heavy atom. The van der Waals surface area contributed by atoms with Crippen LogP contribution < -0.4 is 10.6 Å². The van der Waals surface area contributed by atoms with E-state index in [-0.39, 0.29) is 24.1 Å². The van der Waals surface area contributed by atoms with Crippen molar-refractivity contribution in [1.29, 1.82) is 0 Å². The molecule has 2 heterocycles. The van der Waals surface area contributed by atoms with Crippen LogP contribution in [-0.4, -0.2) is 22.0 Å². The highest BCUT2D eigenvalue weighted by Crippen LogP contribution is 2.23. The van der Waals surface area contributed by atoms with Gasteiger partial charge in [0.2, 0.25) is 11.8 Å². The zero-order valence-electron chi connectivity index (χ0n) is 16.8. The summed E-state index contributed by atoms with van der Waals surface area (Å²) in [4.78, 5) is 28.8. The number of amides is 2. The number of rotatable bonds is 7. The van der Waals surface area contributed by atoms with Gasteiger partial charge in [-0.15, -0.1) is 11.3 Å². The van der Waals surface area contributed by atoms with Gasteiger partial charge < -0.3 is 4.52 Å². The third-order valence-electron chi connectivity index (χ3n) is 4.58. The summed E-state index contributed by atoms with van der Waals surface area (Å²) in [6.45, 7) is 2.10. The van der Waals surface area contributed by atoms with Crippen molar-refractivity contribution >= 4 is 34.2 Å². The van der Waals surface area contributed by atoms with Crippen molar-refractivity contribution in [2.45, 2.75) is 19.8 Å². The Kier molecular flexibility index (Phi) is 6.18. The molecule has 0 saturated carbocycles. The molecule has 0 unspecified atom stereocenters. The molecule has 156 valence electrons. The second kappa shape index (κ2) is 9.36. The van der Waals surface area contributed by atoms with Gasteiger partial charge in [0.15, 0.2) is 5.13 Å². The first-order chi connectivity index (χ1) is 15.1. The minimum absolute atomic E-state index is 0.0545. The first-order valence-electron chi connectivity index (χ1n) is 9.77. The van der Waals surface area contributed by atoms with E-state index >= 15 is 0 Å². The van der Waals surface area contributed by atoms with E-state index in [2.05, 4.69) is 27.7 Å². The van der Waals surface area contributed by atoms with Crippen LogP contribution in [0.25, 0.3) is 11.3 Å². The van der Waals surface area contributed by atoms with Gasteiger partial charge in [-0.1, -0.05) is 54.5 Å². The predicted molar refractivity (Wildman–Crippen MR) is 120 cm³/mol. The second-order valence-corrected chi connectivity index (χ2v) is 7.67. The van der Waals surface area contributed by atoms with Gasteiger partial charge in [-0.05, 0) is 24.1 Å². The molecule has 0 fully saturated rings. The molecule has 31 heavy (non-hydrogen) atoms. The highest BCUT2D eigenvalue weighted by atomic mass is 32.1. The van der Waals surface area contributed by atoms with Crippen LogP contribution in [0.4, 0.5) is 11.0 Å². The Hall–Kier alpha value is -3.78. The predicted octanol–water partition coefficient (Wildman–Crippen LogP) is 4.79. The fourth-order valence-corrected chi connectivity index (χ4v) is 3.64. The van der Waals surface area contributed by atoms with Crippen molar-refractivity contribution < 1.29 is 14.1 Å². The maximum absolute atomic E-state index is 12.3. The molecule has 4 rings (SSSR count). The number of hydrogen-bond donors (Lipinski definition) is 2. The van der Waals surface area contributed by atoms with E-state index in [0.29, 0.717) is 22.1 Å². The van der Waals surface area contributed by atoms with E-state index < -0.39 is 0 Å². The molecule has 2 amide bonds. The molecule has 0 aliphatic carbocycles. The summed E-state index contributed by atoms with van der Waals surface area (Å²) in [6, 6.07) is 18.6. The number of aryl methyl sites for hydroxylation is 1. The molecule has 7 nitrogen and oxygen atoms in total. The average Bonchev–Trinajstić information content (AvgIpc) is 3.44. The van der Waals surface area contributed by atoms with Gasteiger partial charge in [-0.3, -0.25) is 20.2 Å². The summed E-state index contributed by atoms with van der Waals surface area (Å²) >= 11 is 1.27. The highest BCUT2D eigenvalue weighted by molar-refractivity contribution is 7.14. The molecular weight excluding hydrogens is 412 g/mol. The Morgan fingerprint density at radius 1 is 1.03 bits per heavy atom. The lowest BCUT2D eigenvalue weighted by Gasteiger charge is -2.01. The fraction of sp³-hybridized carbons (Fsp3) is 0.130. The van der Waals surface area contributed by atoms with E-state index in [1.807, 2.05) is 30.3 Å². The van der Waals surface area contributed by atoms with E-state index in [9.17, 15) is 9.59 Å². The SMILES string of the molecule is CCc1ccc(-c2cc(NC(=O)Cc3csc(NC(=O)c4ccccc4)n3)on2)cc1. The topological polar surface area (TPSA) is 97.1 Å². The number of nitrogens with zero attached hydrogens (tertiary/aromatic N) is 2. The van der Waals surface area contributed by atoms with Crippen molar-refractivity contribution in [2.24, 2.45) is 0 Å². The lowest BCUT2D eigenvalue weighted by molar-refractivity contribution is -0.115. The monoisotopic (exact) mass is 432 g/mol. The molecule has 0 aliphatic heterocycles. The van der Waals surface area contributed by atoms with Crippen LogP contribution in [0.2, 0.25) is 0 Å². The number of carbonyl (C=O) groups excluding carboxylic acids is 2. The normalized spacial score (nSPS) is 10.6. The van der Waals surface area contributed by atoms with Gasteiger partial charge in [-0.25, -0.2) is 4.98 Å². The number of hydrogen-bond acceptors (Lipinski definition) is 6. The second-order valence-electron chi connectivity index (χ2n) is 6.82. The molecule has 2 aromatic carbocycles. The number of anilines is 2. The van der Waals surface area contributed by atoms with Gasteiger partial charge in [0.25, 0.3) is 5.91 Å². The van der Waals surface area contributed by atoms with Crippen molar-refractivity contribution in [2.75, 3.05) is 10.6 Å². The van der Waals surface area contributed by atoms with Gasteiger partial charge in [0.05, 0.1) is 12.1 Å². The molecule has 0 aliphatic rings. The highest BCUT2D eigenvalue weighted by Gasteiger charge is 2.13. The van der Waals surface area contributed by atoms with Crippen LogP contribution in [0.15, 0.2) is 70.6 Å². The molecule has 2 aromatic heterocycles. The van der Waals surface area contributed by atoms with E-state index in [4.69, 9.17) is 4.52 Å². The van der Waals surface area contributed by atoms with Crippen molar-refractivity contribution in [3.63, 3.8) is 0 Å². The van der Waals surface area contributed by atoms with Crippen molar-refractivity contribution in [3.8, 4) is 11.3 Å². The van der Waals surface area contributed by atoms with Gasteiger partial charge in [-0.2, -0.15) is 0 Å². The molecule has 4 aromatic rings. The number of carbonyl (C=O) groups is 2. The lowest BCUT2D eigenvalue weighted by atomic mass is 10.1. The van der Waals surface area contributed by atoms with Crippen LogP contribution in [-0.2, 0) is 17.6 Å². The molecule has 0 bridgehead atoms. The maximum Gasteiger partial charge on any atom is 0.257 e. The van der Waals surface area contributed by atoms with E-state index in [1.165, 1.54) is 16.9 Å². The number of aromatic nitrogens is 2. The summed E-state index contributed by atoms with van der Waals surface area (Å²) in [7, 11) is 0. The number of benzene rings is 2. The average molecular weight is 433 g/mol. The minimum atomic E-state index is -0.282. The maximum atomic E-state index is 12.3. The zero-order chi connectivity index (χ0) is 21.6. The minimum Gasteiger partial charge on any atom is -0.338 e. The van der Waals surface area contributed by atoms with Gasteiger partial charge in [0.1, 0.15) is 5.69 Å². The third-order valence-corrected chi connectivity index (χ3v) is 5.39. The van der Waals surface area contributed by atoms with Crippen LogP contribution in [0, 0.1) is 0 Å². The smallest absolute Gasteiger partial charge is 0.257 e. The van der Waals surface area contributed by atoms with Gasteiger partial charge in [0, 0.05) is 22.6 Å². The quantitative estimate of drug-likeness (QED) is 0.437. The van der Waals surface area contributed by atoms with Crippen LogP contribution in [0.5, 0.6) is 0 Å². The number of nitrogens with one attached hydrogen (secondary N) is 2. The van der Waals surface area contributed by atoms with Crippen LogP contribution in [0.1, 0.15) is 28.5 Å². The first-order valence-corrected chi connectivity index (χ1v) is 10.7. The summed E-state index contributed by atoms with van der Waals surface area (Å²) < 4.78 is 5.23. The molecule has 0 spiro atoms. The molecule has 0 atom stereocenters. The Labute approximate surface area is 183 Å².